The zero-order chi connectivity index (χ0) is 23.0. The van der Waals surface area contributed by atoms with E-state index in [1.54, 1.807) is 42.5 Å². The second kappa shape index (κ2) is 11.2. The van der Waals surface area contributed by atoms with E-state index in [-0.39, 0.29) is 29.8 Å². The van der Waals surface area contributed by atoms with Crippen LogP contribution in [-0.4, -0.2) is 50.2 Å². The Morgan fingerprint density at radius 3 is 2.28 bits per heavy atom. The molecule has 1 saturated heterocycles. The van der Waals surface area contributed by atoms with Crippen molar-refractivity contribution in [1.29, 1.82) is 0 Å². The van der Waals surface area contributed by atoms with Crippen molar-refractivity contribution in [2.24, 2.45) is 0 Å². The molecule has 1 aliphatic heterocycles. The lowest BCUT2D eigenvalue weighted by Gasteiger charge is -2.34. The van der Waals surface area contributed by atoms with Gasteiger partial charge in [0.05, 0.1) is 4.90 Å². The van der Waals surface area contributed by atoms with Gasteiger partial charge in [-0.2, -0.15) is 4.31 Å². The average Bonchev–Trinajstić information content (AvgIpc) is 2.81. The van der Waals surface area contributed by atoms with Crippen LogP contribution in [0.2, 0.25) is 0 Å². The molecule has 3 rings (SSSR count). The predicted octanol–water partition coefficient (Wildman–Crippen LogP) is 2.23. The molecule has 172 valence electrons. The Labute approximate surface area is 188 Å². The van der Waals surface area contributed by atoms with Gasteiger partial charge in [-0.15, -0.1) is 0 Å². The molecule has 1 fully saturated rings. The van der Waals surface area contributed by atoms with E-state index in [2.05, 4.69) is 10.6 Å². The van der Waals surface area contributed by atoms with Crippen LogP contribution in [-0.2, 0) is 26.0 Å². The molecule has 0 unspecified atom stereocenters. The Hall–Kier alpha value is -2.78. The third-order valence-electron chi connectivity index (χ3n) is 5.50. The molecule has 0 bridgehead atoms. The normalized spacial score (nSPS) is 17.0. The van der Waals surface area contributed by atoms with E-state index in [0.29, 0.717) is 25.8 Å². The Morgan fingerprint density at radius 2 is 1.59 bits per heavy atom. The number of piperidine rings is 1. The Morgan fingerprint density at radius 1 is 0.938 bits per heavy atom. The monoisotopic (exact) mass is 461 g/mol. The summed E-state index contributed by atoms with van der Waals surface area (Å²) in [5, 5.41) is 5.11. The second-order valence-electron chi connectivity index (χ2n) is 7.76. The van der Waals surface area contributed by atoms with E-state index in [4.69, 9.17) is 0 Å². The number of nitrogens with one attached hydrogen (secondary N) is 2. The Kier molecular flexibility index (Phi) is 8.35. The molecule has 0 aliphatic carbocycles. The number of sulfonamides is 1. The first-order valence-corrected chi connectivity index (χ1v) is 12.2. The van der Waals surface area contributed by atoms with Crippen molar-refractivity contribution >= 4 is 21.8 Å². The van der Waals surface area contributed by atoms with Crippen LogP contribution in [0.5, 0.6) is 0 Å². The fraction of sp³-hybridized carbons (Fsp3) is 0.391. The molecule has 0 radical (unpaired) electrons. The molecule has 32 heavy (non-hydrogen) atoms. The number of nitrogens with zero attached hydrogens (tertiary/aromatic N) is 1. The van der Waals surface area contributed by atoms with E-state index >= 15 is 0 Å². The molecule has 1 aliphatic rings. The van der Waals surface area contributed by atoms with Crippen LogP contribution in [0.3, 0.4) is 0 Å². The summed E-state index contributed by atoms with van der Waals surface area (Å²) in [5.74, 6) is -1.83. The number of hydrogen-bond acceptors (Lipinski definition) is 4. The number of rotatable bonds is 8. The first-order valence-electron chi connectivity index (χ1n) is 10.8. The molecule has 7 nitrogen and oxygen atoms in total. The van der Waals surface area contributed by atoms with Gasteiger partial charge in [0.1, 0.15) is 5.82 Å². The lowest BCUT2D eigenvalue weighted by atomic mass is 10.0. The van der Waals surface area contributed by atoms with E-state index in [9.17, 15) is 22.4 Å². The lowest BCUT2D eigenvalue weighted by Crippen LogP contribution is -2.46. The van der Waals surface area contributed by atoms with Gasteiger partial charge in [-0.3, -0.25) is 9.59 Å². The number of benzene rings is 2. The minimum atomic E-state index is -3.60. The van der Waals surface area contributed by atoms with Gasteiger partial charge < -0.3 is 10.6 Å². The largest absolute Gasteiger partial charge is 0.348 e. The van der Waals surface area contributed by atoms with Crippen molar-refractivity contribution < 1.29 is 22.4 Å². The summed E-state index contributed by atoms with van der Waals surface area (Å²) in [5.41, 5.74) is 0.851. The fourth-order valence-electron chi connectivity index (χ4n) is 3.79. The van der Waals surface area contributed by atoms with Crippen molar-refractivity contribution in [3.05, 3.63) is 66.0 Å². The van der Waals surface area contributed by atoms with Crippen LogP contribution in [0.15, 0.2) is 59.5 Å². The zero-order valence-electron chi connectivity index (χ0n) is 17.8. The molecular formula is C23H28FN3O4S. The minimum Gasteiger partial charge on any atom is -0.348 e. The summed E-state index contributed by atoms with van der Waals surface area (Å²) >= 11 is 0. The summed E-state index contributed by atoms with van der Waals surface area (Å²) in [7, 11) is -3.60. The van der Waals surface area contributed by atoms with Crippen molar-refractivity contribution in [1.82, 2.24) is 14.9 Å². The minimum absolute atomic E-state index is 0.204. The summed E-state index contributed by atoms with van der Waals surface area (Å²) < 4.78 is 40.4. The maximum Gasteiger partial charge on any atom is 0.309 e. The van der Waals surface area contributed by atoms with Crippen LogP contribution in [0.25, 0.3) is 0 Å². The van der Waals surface area contributed by atoms with Crippen LogP contribution in [0.1, 0.15) is 31.2 Å². The highest BCUT2D eigenvalue weighted by Gasteiger charge is 2.33. The van der Waals surface area contributed by atoms with Crippen LogP contribution in [0.4, 0.5) is 4.39 Å². The summed E-state index contributed by atoms with van der Waals surface area (Å²) in [6, 6.07) is 14.0. The molecule has 1 atom stereocenters. The van der Waals surface area contributed by atoms with E-state index < -0.39 is 21.8 Å². The zero-order valence-corrected chi connectivity index (χ0v) is 18.6. The molecule has 9 heteroatoms. The topological polar surface area (TPSA) is 95.6 Å². The SMILES string of the molecule is O=C(NCCc1ccc(F)cc1)C(=O)NCC[C@@H]1CCCCN1S(=O)(=O)c1ccccc1. The van der Waals surface area contributed by atoms with Gasteiger partial charge in [-0.1, -0.05) is 36.8 Å². The molecule has 0 saturated carbocycles. The summed E-state index contributed by atoms with van der Waals surface area (Å²) in [6.45, 7) is 0.902. The number of hydrogen-bond donors (Lipinski definition) is 2. The maximum absolute atomic E-state index is 13.0. The highest BCUT2D eigenvalue weighted by molar-refractivity contribution is 7.89. The molecule has 2 aromatic rings. The first-order chi connectivity index (χ1) is 15.4. The van der Waals surface area contributed by atoms with E-state index in [1.807, 2.05) is 0 Å². The summed E-state index contributed by atoms with van der Waals surface area (Å²) in [4.78, 5) is 24.3. The van der Waals surface area contributed by atoms with Crippen molar-refractivity contribution in [2.75, 3.05) is 19.6 Å². The Balaban J connectivity index is 1.46. The highest BCUT2D eigenvalue weighted by Crippen LogP contribution is 2.26. The number of amides is 2. The first kappa shape index (κ1) is 23.9. The number of carbonyl (C=O) groups excluding carboxylic acids is 2. The van der Waals surface area contributed by atoms with Gasteiger partial charge in [0.25, 0.3) is 0 Å². The molecular weight excluding hydrogens is 433 g/mol. The van der Waals surface area contributed by atoms with Gasteiger partial charge in [0, 0.05) is 25.7 Å². The number of halogens is 1. The average molecular weight is 462 g/mol. The van der Waals surface area contributed by atoms with Gasteiger partial charge in [0.2, 0.25) is 10.0 Å². The standard InChI is InChI=1S/C23H28FN3O4S/c24-19-11-9-18(10-12-19)13-15-25-22(28)23(29)26-16-14-20-6-4-5-17-27(20)32(30,31)21-7-2-1-3-8-21/h1-3,7-12,20H,4-6,13-17H2,(H,25,28)(H,26,29)/t20-/m0/s1. The van der Waals surface area contributed by atoms with Gasteiger partial charge in [0.15, 0.2) is 0 Å². The molecule has 0 aromatic heterocycles. The van der Waals surface area contributed by atoms with Crippen LogP contribution < -0.4 is 10.6 Å². The van der Waals surface area contributed by atoms with Crippen molar-refractivity contribution in [2.45, 2.75) is 43.0 Å². The molecule has 2 N–H and O–H groups in total. The maximum atomic E-state index is 13.0. The number of carbonyl (C=O) groups is 2. The van der Waals surface area contributed by atoms with Crippen LogP contribution >= 0.6 is 0 Å². The van der Waals surface area contributed by atoms with E-state index in [1.165, 1.54) is 16.4 Å². The Bertz CT molecular complexity index is 1010. The van der Waals surface area contributed by atoms with Crippen molar-refractivity contribution in [3.63, 3.8) is 0 Å². The predicted molar refractivity (Wildman–Crippen MR) is 119 cm³/mol. The van der Waals surface area contributed by atoms with E-state index in [0.717, 1.165) is 18.4 Å². The second-order valence-corrected chi connectivity index (χ2v) is 9.65. The quantitative estimate of drug-likeness (QED) is 0.590. The van der Waals surface area contributed by atoms with Crippen molar-refractivity contribution in [3.8, 4) is 0 Å². The molecule has 1 heterocycles. The highest BCUT2D eigenvalue weighted by atomic mass is 32.2. The molecule has 2 amide bonds. The van der Waals surface area contributed by atoms with Gasteiger partial charge in [-0.05, 0) is 55.5 Å². The fourth-order valence-corrected chi connectivity index (χ4v) is 5.54. The summed E-state index contributed by atoms with van der Waals surface area (Å²) in [6.07, 6.45) is 3.34. The lowest BCUT2D eigenvalue weighted by molar-refractivity contribution is -0.139. The van der Waals surface area contributed by atoms with Gasteiger partial charge in [-0.25, -0.2) is 12.8 Å². The smallest absolute Gasteiger partial charge is 0.309 e. The molecule has 0 spiro atoms. The third-order valence-corrected chi connectivity index (χ3v) is 7.47. The third kappa shape index (κ3) is 6.37. The van der Waals surface area contributed by atoms with Gasteiger partial charge >= 0.3 is 11.8 Å². The van der Waals surface area contributed by atoms with Crippen LogP contribution in [0, 0.1) is 5.82 Å². The molecule has 2 aromatic carbocycles.